The number of benzene rings is 7. The summed E-state index contributed by atoms with van der Waals surface area (Å²) in [5.74, 6) is 2.00. The maximum Gasteiger partial charge on any atom is 0.164 e. The van der Waals surface area contributed by atoms with E-state index in [0.717, 1.165) is 16.7 Å². The molecule has 0 fully saturated rings. The molecule has 3 nitrogen and oxygen atoms in total. The maximum absolute atomic E-state index is 4.98. The molecule has 7 aromatic carbocycles. The summed E-state index contributed by atoms with van der Waals surface area (Å²) in [6, 6.07) is 58.0. The highest BCUT2D eigenvalue weighted by molar-refractivity contribution is 7.26. The van der Waals surface area contributed by atoms with Crippen molar-refractivity contribution in [3.05, 3.63) is 164 Å². The van der Waals surface area contributed by atoms with Gasteiger partial charge in [-0.25, -0.2) is 15.0 Å². The zero-order chi connectivity index (χ0) is 33.0. The van der Waals surface area contributed by atoms with Crippen LogP contribution in [0.15, 0.2) is 164 Å². The van der Waals surface area contributed by atoms with Crippen LogP contribution < -0.4 is 0 Å². The van der Waals surface area contributed by atoms with Gasteiger partial charge in [0.25, 0.3) is 0 Å². The number of hydrogen-bond acceptors (Lipinski definition) is 5. The molecular weight excluding hydrogens is 647 g/mol. The Morgan fingerprint density at radius 1 is 0.300 bits per heavy atom. The lowest BCUT2D eigenvalue weighted by Gasteiger charge is -2.10. The van der Waals surface area contributed by atoms with Gasteiger partial charge in [-0.15, -0.1) is 22.7 Å². The predicted octanol–water partition coefficient (Wildman–Crippen LogP) is 12.9. The highest BCUT2D eigenvalue weighted by atomic mass is 32.1. The molecule has 3 aromatic heterocycles. The van der Waals surface area contributed by atoms with Crippen LogP contribution >= 0.6 is 22.7 Å². The van der Waals surface area contributed by atoms with Crippen LogP contribution in [0.2, 0.25) is 0 Å². The van der Waals surface area contributed by atoms with Gasteiger partial charge in [0.15, 0.2) is 17.5 Å². The summed E-state index contributed by atoms with van der Waals surface area (Å²) in [7, 11) is 0. The molecule has 0 N–H and O–H groups in total. The molecule has 0 saturated carbocycles. The highest BCUT2D eigenvalue weighted by Crippen LogP contribution is 2.45. The smallest absolute Gasteiger partial charge is 0.164 e. The maximum atomic E-state index is 4.98. The van der Waals surface area contributed by atoms with Crippen LogP contribution in [0.5, 0.6) is 0 Å². The largest absolute Gasteiger partial charge is 0.208 e. The van der Waals surface area contributed by atoms with E-state index in [0.29, 0.717) is 17.5 Å². The first-order chi connectivity index (χ1) is 24.7. The molecule has 10 aromatic rings. The zero-order valence-electron chi connectivity index (χ0n) is 26.7. The van der Waals surface area contributed by atoms with Crippen LogP contribution in [-0.2, 0) is 0 Å². The SMILES string of the molecule is c1ccc(-c2cc(-c3ccc4sc5cc(-c6nc(-c7ccccc7)nc(-c7ccccc7)n6)ccc5c4c3)c3c(c2)sc2ccccc23)cc1. The third-order valence-corrected chi connectivity index (χ3v) is 11.6. The quantitative estimate of drug-likeness (QED) is 0.182. The van der Waals surface area contributed by atoms with Crippen molar-refractivity contribution in [2.45, 2.75) is 0 Å². The number of hydrogen-bond donors (Lipinski definition) is 0. The minimum absolute atomic E-state index is 0.667. The molecule has 3 heterocycles. The molecule has 0 aliphatic rings. The third kappa shape index (κ3) is 4.98. The van der Waals surface area contributed by atoms with Crippen LogP contribution in [0.4, 0.5) is 0 Å². The predicted molar refractivity (Wildman–Crippen MR) is 213 cm³/mol. The normalized spacial score (nSPS) is 11.6. The van der Waals surface area contributed by atoms with Crippen molar-refractivity contribution in [2.24, 2.45) is 0 Å². The van der Waals surface area contributed by atoms with E-state index >= 15 is 0 Å². The number of aromatic nitrogens is 3. The monoisotopic (exact) mass is 673 g/mol. The molecule has 50 heavy (non-hydrogen) atoms. The van der Waals surface area contributed by atoms with Gasteiger partial charge < -0.3 is 0 Å². The molecule has 10 rings (SSSR count). The van der Waals surface area contributed by atoms with E-state index in [1.807, 2.05) is 83.3 Å². The summed E-state index contributed by atoms with van der Waals surface area (Å²) in [6.45, 7) is 0. The summed E-state index contributed by atoms with van der Waals surface area (Å²) < 4.78 is 5.09. The van der Waals surface area contributed by atoms with Crippen molar-refractivity contribution < 1.29 is 0 Å². The van der Waals surface area contributed by atoms with E-state index in [2.05, 4.69) is 103 Å². The number of thiophene rings is 2. The Kier molecular flexibility index (Phi) is 6.86. The van der Waals surface area contributed by atoms with Crippen molar-refractivity contribution in [3.8, 4) is 56.4 Å². The summed E-state index contributed by atoms with van der Waals surface area (Å²) in [6.07, 6.45) is 0. The van der Waals surface area contributed by atoms with Crippen LogP contribution in [0.25, 0.3) is 96.8 Å². The second-order valence-corrected chi connectivity index (χ2v) is 14.6. The molecule has 0 unspecified atom stereocenters. The van der Waals surface area contributed by atoms with Crippen LogP contribution in [0, 0.1) is 0 Å². The molecule has 0 radical (unpaired) electrons. The Hall–Kier alpha value is -6.01. The zero-order valence-corrected chi connectivity index (χ0v) is 28.4. The van der Waals surface area contributed by atoms with Gasteiger partial charge in [-0.1, -0.05) is 127 Å². The van der Waals surface area contributed by atoms with Crippen molar-refractivity contribution >= 4 is 63.0 Å². The van der Waals surface area contributed by atoms with Gasteiger partial charge in [0.05, 0.1) is 0 Å². The lowest BCUT2D eigenvalue weighted by Crippen LogP contribution is -1.99. The Bertz CT molecular complexity index is 2800. The Morgan fingerprint density at radius 2 is 0.840 bits per heavy atom. The minimum Gasteiger partial charge on any atom is -0.208 e. The molecule has 5 heteroatoms. The van der Waals surface area contributed by atoms with Crippen molar-refractivity contribution in [3.63, 3.8) is 0 Å². The van der Waals surface area contributed by atoms with E-state index in [9.17, 15) is 0 Å². The first-order valence-corrected chi connectivity index (χ1v) is 18.2. The van der Waals surface area contributed by atoms with Gasteiger partial charge in [-0.2, -0.15) is 0 Å². The number of rotatable bonds is 5. The second-order valence-electron chi connectivity index (χ2n) is 12.4. The summed E-state index contributed by atoms with van der Waals surface area (Å²) in [5.41, 5.74) is 7.87. The van der Waals surface area contributed by atoms with E-state index in [1.165, 1.54) is 62.6 Å². The van der Waals surface area contributed by atoms with E-state index < -0.39 is 0 Å². The Morgan fingerprint density at radius 3 is 1.54 bits per heavy atom. The Labute approximate surface area is 296 Å². The fourth-order valence-corrected chi connectivity index (χ4v) is 9.20. The molecule has 0 spiro atoms. The summed E-state index contributed by atoms with van der Waals surface area (Å²) in [5, 5.41) is 5.13. The van der Waals surface area contributed by atoms with Gasteiger partial charge in [-0.3, -0.25) is 0 Å². The van der Waals surface area contributed by atoms with Crippen LogP contribution in [0.1, 0.15) is 0 Å². The molecular formula is C45H27N3S2. The standard InChI is InChI=1S/C45H27N3S2/c1-4-12-28(13-5-1)33-25-36(42-35-18-10-11-19-38(35)50-41(42)27-33)31-21-23-39-37(24-31)34-22-20-32(26-40(34)49-39)45-47-43(29-14-6-2-7-15-29)46-44(48-45)30-16-8-3-9-17-30/h1-27H. The Balaban J connectivity index is 1.13. The first kappa shape index (κ1) is 29.0. The van der Waals surface area contributed by atoms with Crippen molar-refractivity contribution in [2.75, 3.05) is 0 Å². The molecule has 0 aliphatic carbocycles. The third-order valence-electron chi connectivity index (χ3n) is 9.33. The molecule has 234 valence electrons. The van der Waals surface area contributed by atoms with Gasteiger partial charge in [0.2, 0.25) is 0 Å². The fourth-order valence-electron chi connectivity index (χ4n) is 6.90. The van der Waals surface area contributed by atoms with Crippen molar-refractivity contribution in [1.82, 2.24) is 15.0 Å². The van der Waals surface area contributed by atoms with Gasteiger partial charge in [0, 0.05) is 57.0 Å². The van der Waals surface area contributed by atoms with Gasteiger partial charge in [-0.05, 0) is 58.7 Å². The van der Waals surface area contributed by atoms with E-state index in [-0.39, 0.29) is 0 Å². The van der Waals surface area contributed by atoms with Crippen LogP contribution in [0.3, 0.4) is 0 Å². The van der Waals surface area contributed by atoms with Gasteiger partial charge in [0.1, 0.15) is 0 Å². The first-order valence-electron chi connectivity index (χ1n) is 16.6. The second kappa shape index (κ2) is 11.8. The number of nitrogens with zero attached hydrogens (tertiary/aromatic N) is 3. The summed E-state index contributed by atoms with van der Waals surface area (Å²) >= 11 is 3.69. The average Bonchev–Trinajstić information content (AvgIpc) is 3.76. The molecule has 0 atom stereocenters. The average molecular weight is 674 g/mol. The lowest BCUT2D eigenvalue weighted by molar-refractivity contribution is 1.07. The van der Waals surface area contributed by atoms with Gasteiger partial charge >= 0.3 is 0 Å². The molecule has 0 amide bonds. The molecule has 0 bridgehead atoms. The lowest BCUT2D eigenvalue weighted by atomic mass is 9.94. The van der Waals surface area contributed by atoms with Crippen LogP contribution in [-0.4, -0.2) is 15.0 Å². The fraction of sp³-hybridized carbons (Fsp3) is 0. The number of fused-ring (bicyclic) bond motifs is 6. The van der Waals surface area contributed by atoms with E-state index in [4.69, 9.17) is 15.0 Å². The van der Waals surface area contributed by atoms with E-state index in [1.54, 1.807) is 0 Å². The molecule has 0 aliphatic heterocycles. The highest BCUT2D eigenvalue weighted by Gasteiger charge is 2.17. The topological polar surface area (TPSA) is 38.7 Å². The van der Waals surface area contributed by atoms with Crippen molar-refractivity contribution in [1.29, 1.82) is 0 Å². The summed E-state index contributed by atoms with van der Waals surface area (Å²) in [4.78, 5) is 14.8. The minimum atomic E-state index is 0.667. The molecule has 0 saturated heterocycles.